The first-order valence-corrected chi connectivity index (χ1v) is 14.5. The molecule has 0 amide bonds. The van der Waals surface area contributed by atoms with Crippen molar-refractivity contribution in [3.05, 3.63) is 71.8 Å². The number of hydrogen-bond acceptors (Lipinski definition) is 2. The van der Waals surface area contributed by atoms with Crippen molar-refractivity contribution >= 4 is 0 Å². The van der Waals surface area contributed by atoms with Gasteiger partial charge in [0.15, 0.2) is 0 Å². The first kappa shape index (κ1) is 14.6. The second-order valence-corrected chi connectivity index (χ2v) is 16.7. The summed E-state index contributed by atoms with van der Waals surface area (Å²) in [6.45, 7) is 0. The zero-order chi connectivity index (χ0) is 13.6. The Balaban J connectivity index is 2.18. The zero-order valence-electron chi connectivity index (χ0n) is 11.5. The summed E-state index contributed by atoms with van der Waals surface area (Å²) in [7, 11) is 3.61. The predicted molar refractivity (Wildman–Crippen MR) is 74.3 cm³/mol. The molecule has 0 heterocycles. The summed E-state index contributed by atoms with van der Waals surface area (Å²) in [5, 5.41) is 0. The normalized spacial score (nSPS) is 11.5. The summed E-state index contributed by atoms with van der Waals surface area (Å²) >= 11 is -3.20. The molecule has 0 N–H and O–H groups in total. The summed E-state index contributed by atoms with van der Waals surface area (Å²) in [6.07, 6.45) is 0. The van der Waals surface area contributed by atoms with Crippen molar-refractivity contribution in [1.29, 1.82) is 0 Å². The molecule has 0 radical (unpaired) electrons. The molecule has 0 aliphatic heterocycles. The number of hydrogen-bond donors (Lipinski definition) is 0. The van der Waals surface area contributed by atoms with Gasteiger partial charge in [-0.05, 0) is 0 Å². The van der Waals surface area contributed by atoms with Crippen molar-refractivity contribution in [2.75, 3.05) is 14.2 Å². The van der Waals surface area contributed by atoms with Gasteiger partial charge in [0, 0.05) is 0 Å². The fourth-order valence-corrected chi connectivity index (χ4v) is 11.5. The van der Waals surface area contributed by atoms with Crippen LogP contribution in [0.4, 0.5) is 0 Å². The molecule has 2 nitrogen and oxygen atoms in total. The van der Waals surface area contributed by atoms with Gasteiger partial charge in [-0.15, -0.1) is 0 Å². The quantitative estimate of drug-likeness (QED) is 0.661. The van der Waals surface area contributed by atoms with Gasteiger partial charge in [-0.2, -0.15) is 0 Å². The molecule has 0 bridgehead atoms. The van der Waals surface area contributed by atoms with Crippen LogP contribution in [0.3, 0.4) is 0 Å². The average molecular weight is 423 g/mol. The van der Waals surface area contributed by atoms with Gasteiger partial charge in [-0.3, -0.25) is 0 Å². The molecule has 2 rings (SSSR count). The molecule has 0 aliphatic carbocycles. The summed E-state index contributed by atoms with van der Waals surface area (Å²) in [5.41, 5.74) is 2.62. The Bertz CT molecular complexity index is 437. The third kappa shape index (κ3) is 4.10. The van der Waals surface area contributed by atoms with Crippen molar-refractivity contribution in [3.8, 4) is 0 Å². The van der Waals surface area contributed by atoms with E-state index in [2.05, 4.69) is 48.5 Å². The fourth-order valence-electron chi connectivity index (χ4n) is 2.25. The van der Waals surface area contributed by atoms with Gasteiger partial charge in [-0.1, -0.05) is 0 Å². The van der Waals surface area contributed by atoms with E-state index < -0.39 is 20.8 Å². The Labute approximate surface area is 120 Å². The molecule has 0 spiro atoms. The predicted octanol–water partition coefficient (Wildman–Crippen LogP) is 3.66. The molecule has 0 atom stereocenters. The van der Waals surface area contributed by atoms with Crippen LogP contribution < -0.4 is 0 Å². The second-order valence-electron chi connectivity index (χ2n) is 4.64. The maximum absolute atomic E-state index is 5.89. The van der Waals surface area contributed by atoms with E-state index in [1.807, 2.05) is 12.1 Å². The molecule has 0 saturated heterocycles. The Morgan fingerprint density at radius 1 is 0.684 bits per heavy atom. The molecular weight excluding hydrogens is 403 g/mol. The molecular formula is C16H20HfO2. The molecule has 0 saturated carbocycles. The van der Waals surface area contributed by atoms with Crippen molar-refractivity contribution in [1.82, 2.24) is 0 Å². The van der Waals surface area contributed by atoms with Gasteiger partial charge in [0.2, 0.25) is 0 Å². The van der Waals surface area contributed by atoms with E-state index in [1.54, 1.807) is 14.2 Å². The van der Waals surface area contributed by atoms with Gasteiger partial charge in [0.1, 0.15) is 0 Å². The average Bonchev–Trinajstić information content (AvgIpc) is 2.48. The topological polar surface area (TPSA) is 18.5 Å². The van der Waals surface area contributed by atoms with Gasteiger partial charge < -0.3 is 0 Å². The molecule has 0 aromatic heterocycles. The number of rotatable bonds is 6. The SMILES string of the molecule is C[O][Hf]([CH2]c1ccccc1)([CH2]c1ccccc1)[O]C. The third-order valence-corrected chi connectivity index (χ3v) is 15.5. The minimum atomic E-state index is -3.20. The van der Waals surface area contributed by atoms with E-state index in [9.17, 15) is 0 Å². The zero-order valence-corrected chi connectivity index (χ0v) is 15.1. The van der Waals surface area contributed by atoms with E-state index in [1.165, 1.54) is 11.1 Å². The molecule has 3 heteroatoms. The van der Waals surface area contributed by atoms with Crippen LogP contribution >= 0.6 is 0 Å². The molecule has 0 aliphatic rings. The first-order chi connectivity index (χ1) is 9.28. The van der Waals surface area contributed by atoms with E-state index in [0.29, 0.717) is 0 Å². The van der Waals surface area contributed by atoms with Crippen LogP contribution in [0.1, 0.15) is 11.1 Å². The van der Waals surface area contributed by atoms with Crippen molar-refractivity contribution in [2.24, 2.45) is 0 Å². The second kappa shape index (κ2) is 7.13. The molecule has 19 heavy (non-hydrogen) atoms. The van der Waals surface area contributed by atoms with Crippen LogP contribution in [0.15, 0.2) is 60.7 Å². The summed E-state index contributed by atoms with van der Waals surface area (Å²) in [4.78, 5) is 0. The third-order valence-electron chi connectivity index (χ3n) is 3.38. The Morgan fingerprint density at radius 3 is 1.37 bits per heavy atom. The Kier molecular flexibility index (Phi) is 5.49. The fraction of sp³-hybridized carbons (Fsp3) is 0.250. The first-order valence-electron chi connectivity index (χ1n) is 6.46. The van der Waals surface area contributed by atoms with Crippen LogP contribution in [0.25, 0.3) is 0 Å². The summed E-state index contributed by atoms with van der Waals surface area (Å²) in [6, 6.07) is 21.0. The standard InChI is InChI=1S/2C7H7.2CH3O.Hf/c2*1-7-5-3-2-4-6-7;2*1-2;/h2*2-6H,1H2;2*1H3;/q;;2*-1;+2. The monoisotopic (exact) mass is 424 g/mol. The van der Waals surface area contributed by atoms with E-state index in [-0.39, 0.29) is 0 Å². The van der Waals surface area contributed by atoms with Gasteiger partial charge >= 0.3 is 121 Å². The van der Waals surface area contributed by atoms with Crippen molar-refractivity contribution in [2.45, 2.75) is 8.35 Å². The van der Waals surface area contributed by atoms with E-state index in [0.717, 1.165) is 8.35 Å². The van der Waals surface area contributed by atoms with Gasteiger partial charge in [0.25, 0.3) is 0 Å². The van der Waals surface area contributed by atoms with Crippen LogP contribution in [-0.4, -0.2) is 14.2 Å². The molecule has 0 unspecified atom stereocenters. The molecule has 2 aromatic carbocycles. The van der Waals surface area contributed by atoms with Gasteiger partial charge in [0.05, 0.1) is 0 Å². The van der Waals surface area contributed by atoms with E-state index >= 15 is 0 Å². The van der Waals surface area contributed by atoms with Crippen LogP contribution in [0, 0.1) is 0 Å². The van der Waals surface area contributed by atoms with Gasteiger partial charge in [-0.25, -0.2) is 0 Å². The van der Waals surface area contributed by atoms with Crippen LogP contribution in [-0.2, 0) is 34.9 Å². The molecule has 0 fully saturated rings. The maximum atomic E-state index is 5.89. The van der Waals surface area contributed by atoms with Crippen LogP contribution in [0.2, 0.25) is 0 Å². The summed E-state index contributed by atoms with van der Waals surface area (Å²) < 4.78 is 13.7. The van der Waals surface area contributed by atoms with E-state index in [4.69, 9.17) is 5.71 Å². The molecule has 100 valence electrons. The van der Waals surface area contributed by atoms with Crippen molar-refractivity contribution in [3.63, 3.8) is 0 Å². The van der Waals surface area contributed by atoms with Crippen molar-refractivity contribution < 1.29 is 26.6 Å². The Morgan fingerprint density at radius 2 is 1.05 bits per heavy atom. The number of benzene rings is 2. The van der Waals surface area contributed by atoms with Crippen LogP contribution in [0.5, 0.6) is 0 Å². The Hall–Kier alpha value is -0.770. The minimum absolute atomic E-state index is 0.954. The summed E-state index contributed by atoms with van der Waals surface area (Å²) in [5.74, 6) is 0. The molecule has 2 aromatic rings.